The van der Waals surface area contributed by atoms with E-state index in [2.05, 4.69) is 33.9 Å². The highest BCUT2D eigenvalue weighted by molar-refractivity contribution is 6.74. The van der Waals surface area contributed by atoms with Gasteiger partial charge in [-0.3, -0.25) is 0 Å². The molecule has 0 unspecified atom stereocenters. The van der Waals surface area contributed by atoms with Gasteiger partial charge in [0.15, 0.2) is 8.32 Å². The van der Waals surface area contributed by atoms with Gasteiger partial charge in [-0.2, -0.15) is 0 Å². The van der Waals surface area contributed by atoms with Crippen LogP contribution in [-0.2, 0) is 10.8 Å². The summed E-state index contributed by atoms with van der Waals surface area (Å²) in [6.07, 6.45) is 0.463. The topological polar surface area (TPSA) is 18.5 Å². The van der Waals surface area contributed by atoms with Crippen molar-refractivity contribution in [2.45, 2.75) is 52.2 Å². The van der Waals surface area contributed by atoms with E-state index in [-0.39, 0.29) is 10.8 Å². The van der Waals surface area contributed by atoms with Gasteiger partial charge in [-0.1, -0.05) is 27.7 Å². The zero-order chi connectivity index (χ0) is 16.3. The van der Waals surface area contributed by atoms with Crippen LogP contribution in [0.3, 0.4) is 0 Å². The Labute approximate surface area is 127 Å². The van der Waals surface area contributed by atoms with E-state index in [1.807, 2.05) is 6.92 Å². The molecule has 5 heteroatoms. The minimum Gasteiger partial charge on any atom is -0.491 e. The van der Waals surface area contributed by atoms with Crippen LogP contribution >= 0.6 is 0 Å². The van der Waals surface area contributed by atoms with Gasteiger partial charge in [-0.05, 0) is 24.6 Å². The molecule has 0 saturated carbocycles. The van der Waals surface area contributed by atoms with Crippen molar-refractivity contribution in [2.75, 3.05) is 13.2 Å². The Morgan fingerprint density at radius 2 is 1.71 bits per heavy atom. The predicted octanol–water partition coefficient (Wildman–Crippen LogP) is 4.93. The van der Waals surface area contributed by atoms with Gasteiger partial charge in [0.05, 0.1) is 6.61 Å². The molecule has 2 nitrogen and oxygen atoms in total. The van der Waals surface area contributed by atoms with Gasteiger partial charge >= 0.3 is 0 Å². The lowest BCUT2D eigenvalue weighted by Crippen LogP contribution is -2.41. The van der Waals surface area contributed by atoms with Gasteiger partial charge in [0, 0.05) is 17.7 Å². The molecular formula is C16H26F2O2Si. The Balaban J connectivity index is 2.62. The number of rotatable bonds is 6. The second kappa shape index (κ2) is 6.88. The molecule has 0 aliphatic rings. The first-order chi connectivity index (χ1) is 9.58. The Morgan fingerprint density at radius 3 is 2.24 bits per heavy atom. The zero-order valence-corrected chi connectivity index (χ0v) is 14.8. The first-order valence-corrected chi connectivity index (χ1v) is 10.2. The van der Waals surface area contributed by atoms with Crippen molar-refractivity contribution in [3.05, 3.63) is 29.3 Å². The Kier molecular flexibility index (Phi) is 5.93. The van der Waals surface area contributed by atoms with E-state index in [1.165, 1.54) is 6.07 Å². The molecule has 1 aromatic carbocycles. The molecule has 0 fully saturated rings. The van der Waals surface area contributed by atoms with Crippen LogP contribution in [0.2, 0.25) is 18.1 Å². The van der Waals surface area contributed by atoms with E-state index >= 15 is 0 Å². The zero-order valence-electron chi connectivity index (χ0n) is 13.8. The standard InChI is InChI=1S/C16H26F2O2Si/c1-7-13-14(18)10-12(17)11-15(13)19-8-9-20-21(5,6)16(2,3)4/h10-11H,7-9H2,1-6H3. The maximum Gasteiger partial charge on any atom is 0.192 e. The second-order valence-corrected chi connectivity index (χ2v) is 11.5. The molecule has 0 heterocycles. The average molecular weight is 316 g/mol. The number of hydrogen-bond donors (Lipinski definition) is 0. The molecular weight excluding hydrogens is 290 g/mol. The molecule has 0 radical (unpaired) electrons. The van der Waals surface area contributed by atoms with Gasteiger partial charge < -0.3 is 9.16 Å². The van der Waals surface area contributed by atoms with Crippen LogP contribution in [0.1, 0.15) is 33.3 Å². The lowest BCUT2D eigenvalue weighted by atomic mass is 10.1. The molecule has 0 bridgehead atoms. The van der Waals surface area contributed by atoms with Crippen molar-refractivity contribution in [2.24, 2.45) is 0 Å². The van der Waals surface area contributed by atoms with Gasteiger partial charge in [0.2, 0.25) is 0 Å². The third-order valence-corrected chi connectivity index (χ3v) is 8.62. The van der Waals surface area contributed by atoms with Crippen LogP contribution in [0.4, 0.5) is 8.78 Å². The van der Waals surface area contributed by atoms with Gasteiger partial charge in [0.1, 0.15) is 24.0 Å². The third-order valence-electron chi connectivity index (χ3n) is 4.08. The van der Waals surface area contributed by atoms with Crippen molar-refractivity contribution in [1.29, 1.82) is 0 Å². The molecule has 0 spiro atoms. The summed E-state index contributed by atoms with van der Waals surface area (Å²) in [7, 11) is -1.81. The highest BCUT2D eigenvalue weighted by Gasteiger charge is 2.36. The smallest absolute Gasteiger partial charge is 0.192 e. The summed E-state index contributed by atoms with van der Waals surface area (Å²) >= 11 is 0. The van der Waals surface area contributed by atoms with Crippen LogP contribution in [-0.4, -0.2) is 21.5 Å². The first-order valence-electron chi connectivity index (χ1n) is 7.33. The molecule has 0 saturated heterocycles. The minimum absolute atomic E-state index is 0.131. The third kappa shape index (κ3) is 4.78. The highest BCUT2D eigenvalue weighted by Crippen LogP contribution is 2.36. The van der Waals surface area contributed by atoms with Crippen LogP contribution in [0.5, 0.6) is 5.75 Å². The maximum atomic E-state index is 13.6. The van der Waals surface area contributed by atoms with Crippen molar-refractivity contribution in [3.8, 4) is 5.75 Å². The van der Waals surface area contributed by atoms with Crippen LogP contribution in [0.15, 0.2) is 12.1 Å². The highest BCUT2D eigenvalue weighted by atomic mass is 28.4. The van der Waals surface area contributed by atoms with Crippen molar-refractivity contribution in [1.82, 2.24) is 0 Å². The molecule has 120 valence electrons. The predicted molar refractivity (Wildman–Crippen MR) is 84.4 cm³/mol. The van der Waals surface area contributed by atoms with Crippen LogP contribution < -0.4 is 4.74 Å². The van der Waals surface area contributed by atoms with E-state index in [0.29, 0.717) is 25.2 Å². The number of halogens is 2. The Bertz CT molecular complexity index is 482. The largest absolute Gasteiger partial charge is 0.491 e. The first kappa shape index (κ1) is 18.1. The average Bonchev–Trinajstić information content (AvgIpc) is 2.32. The summed E-state index contributed by atoms with van der Waals surface area (Å²) < 4.78 is 38.4. The summed E-state index contributed by atoms with van der Waals surface area (Å²) in [5, 5.41) is 0.131. The fraction of sp³-hybridized carbons (Fsp3) is 0.625. The van der Waals surface area contributed by atoms with E-state index < -0.39 is 20.0 Å². The summed E-state index contributed by atoms with van der Waals surface area (Å²) in [6.45, 7) is 13.3. The lowest BCUT2D eigenvalue weighted by Gasteiger charge is -2.36. The Hall–Kier alpha value is -0.943. The van der Waals surface area contributed by atoms with Crippen LogP contribution in [0.25, 0.3) is 0 Å². The molecule has 0 aliphatic carbocycles. The summed E-state index contributed by atoms with van der Waals surface area (Å²) in [6, 6.07) is 2.12. The van der Waals surface area contributed by atoms with E-state index in [4.69, 9.17) is 9.16 Å². The van der Waals surface area contributed by atoms with Gasteiger partial charge in [0.25, 0.3) is 0 Å². The van der Waals surface area contributed by atoms with Gasteiger partial charge in [-0.25, -0.2) is 8.78 Å². The molecule has 0 N–H and O–H groups in total. The van der Waals surface area contributed by atoms with Crippen molar-refractivity contribution < 1.29 is 17.9 Å². The SMILES string of the molecule is CCc1c(F)cc(F)cc1OCCO[Si](C)(C)C(C)(C)C. The molecule has 1 rings (SSSR count). The molecule has 0 amide bonds. The molecule has 0 aromatic heterocycles. The lowest BCUT2D eigenvalue weighted by molar-refractivity contribution is 0.201. The van der Waals surface area contributed by atoms with Crippen molar-refractivity contribution in [3.63, 3.8) is 0 Å². The molecule has 0 atom stereocenters. The maximum absolute atomic E-state index is 13.6. The fourth-order valence-electron chi connectivity index (χ4n) is 1.72. The number of ether oxygens (including phenoxy) is 1. The summed E-state index contributed by atoms with van der Waals surface area (Å²) in [4.78, 5) is 0. The van der Waals surface area contributed by atoms with Crippen molar-refractivity contribution >= 4 is 8.32 Å². The summed E-state index contributed by atoms with van der Waals surface area (Å²) in [5.74, 6) is -0.906. The fourth-order valence-corrected chi connectivity index (χ4v) is 2.74. The Morgan fingerprint density at radius 1 is 1.10 bits per heavy atom. The normalized spacial score (nSPS) is 12.6. The van der Waals surface area contributed by atoms with E-state index in [1.54, 1.807) is 0 Å². The quantitative estimate of drug-likeness (QED) is 0.547. The minimum atomic E-state index is -1.81. The van der Waals surface area contributed by atoms with E-state index in [0.717, 1.165) is 6.07 Å². The second-order valence-electron chi connectivity index (χ2n) is 6.68. The van der Waals surface area contributed by atoms with Crippen LogP contribution in [0, 0.1) is 11.6 Å². The molecule has 21 heavy (non-hydrogen) atoms. The number of benzene rings is 1. The van der Waals surface area contributed by atoms with Gasteiger partial charge in [-0.15, -0.1) is 0 Å². The molecule has 0 aliphatic heterocycles. The van der Waals surface area contributed by atoms with E-state index in [9.17, 15) is 8.78 Å². The summed E-state index contributed by atoms with van der Waals surface area (Å²) in [5.41, 5.74) is 0.406. The molecule has 1 aromatic rings. The number of hydrogen-bond acceptors (Lipinski definition) is 2. The monoisotopic (exact) mass is 316 g/mol.